The summed E-state index contributed by atoms with van der Waals surface area (Å²) in [7, 11) is 0. The van der Waals surface area contributed by atoms with E-state index in [4.69, 9.17) is 0 Å². The van der Waals surface area contributed by atoms with E-state index in [1.807, 2.05) is 24.3 Å². The Morgan fingerprint density at radius 2 is 1.39 bits per heavy atom. The van der Waals surface area contributed by atoms with Crippen molar-refractivity contribution in [1.29, 1.82) is 0 Å². The lowest BCUT2D eigenvalue weighted by Crippen LogP contribution is -2.21. The summed E-state index contributed by atoms with van der Waals surface area (Å²) in [6.45, 7) is 2.07. The summed E-state index contributed by atoms with van der Waals surface area (Å²) in [5.41, 5.74) is 3.96. The second-order valence-corrected chi connectivity index (χ2v) is 4.44. The fourth-order valence-electron chi connectivity index (χ4n) is 2.39. The van der Waals surface area contributed by atoms with E-state index >= 15 is 0 Å². The highest BCUT2D eigenvalue weighted by Crippen LogP contribution is 2.33. The Bertz CT molecular complexity index is 669. The van der Waals surface area contributed by atoms with Crippen LogP contribution in [0.2, 0.25) is 0 Å². The predicted molar refractivity (Wildman–Crippen MR) is 69.9 cm³/mol. The molecule has 0 spiro atoms. The first-order valence-electron chi connectivity index (χ1n) is 6.03. The zero-order chi connectivity index (χ0) is 12.7. The van der Waals surface area contributed by atoms with Crippen LogP contribution in [-0.2, 0) is 6.42 Å². The molecule has 18 heavy (non-hydrogen) atoms. The number of hydrogen-bond acceptors (Lipinski definition) is 2. The number of fused-ring (bicyclic) bond motifs is 3. The van der Waals surface area contributed by atoms with E-state index < -0.39 is 11.6 Å². The lowest BCUT2D eigenvalue weighted by atomic mass is 9.83. The Kier molecular flexibility index (Phi) is 2.37. The molecule has 2 aromatic carbocycles. The minimum absolute atomic E-state index is 0.397. The van der Waals surface area contributed by atoms with Crippen LogP contribution >= 0.6 is 0 Å². The van der Waals surface area contributed by atoms with Gasteiger partial charge in [0.05, 0.1) is 0 Å². The van der Waals surface area contributed by atoms with Crippen molar-refractivity contribution in [2.45, 2.75) is 13.3 Å². The molecule has 0 atom stereocenters. The van der Waals surface area contributed by atoms with Crippen molar-refractivity contribution in [2.24, 2.45) is 0 Å². The molecule has 2 aromatic rings. The SMILES string of the molecule is CCc1ccc2c(c1)-c1ccccc1C(=O)C2=O. The zero-order valence-corrected chi connectivity index (χ0v) is 10.1. The monoisotopic (exact) mass is 236 g/mol. The van der Waals surface area contributed by atoms with E-state index in [2.05, 4.69) is 6.92 Å². The maximum Gasteiger partial charge on any atom is 0.234 e. The predicted octanol–water partition coefficient (Wildman–Crippen LogP) is 3.30. The van der Waals surface area contributed by atoms with Crippen LogP contribution in [0.5, 0.6) is 0 Å². The lowest BCUT2D eigenvalue weighted by Gasteiger charge is -2.18. The molecule has 2 heteroatoms. The number of ketones is 2. The maximum atomic E-state index is 12.0. The zero-order valence-electron chi connectivity index (χ0n) is 10.1. The van der Waals surface area contributed by atoms with Gasteiger partial charge in [0.25, 0.3) is 0 Å². The van der Waals surface area contributed by atoms with Crippen molar-refractivity contribution in [2.75, 3.05) is 0 Å². The molecule has 3 rings (SSSR count). The van der Waals surface area contributed by atoms with Gasteiger partial charge in [-0.15, -0.1) is 0 Å². The summed E-state index contributed by atoms with van der Waals surface area (Å²) >= 11 is 0. The van der Waals surface area contributed by atoms with Gasteiger partial charge in [0.15, 0.2) is 0 Å². The fourth-order valence-corrected chi connectivity index (χ4v) is 2.39. The minimum atomic E-state index is -0.401. The van der Waals surface area contributed by atoms with E-state index in [9.17, 15) is 9.59 Å². The fraction of sp³-hybridized carbons (Fsp3) is 0.125. The minimum Gasteiger partial charge on any atom is -0.285 e. The third-order valence-corrected chi connectivity index (χ3v) is 3.40. The molecule has 0 fully saturated rings. The summed E-state index contributed by atoms with van der Waals surface area (Å²) in [6.07, 6.45) is 0.914. The van der Waals surface area contributed by atoms with Crippen LogP contribution in [0.3, 0.4) is 0 Å². The van der Waals surface area contributed by atoms with E-state index in [1.54, 1.807) is 18.2 Å². The molecule has 0 aliphatic heterocycles. The van der Waals surface area contributed by atoms with Gasteiger partial charge in [-0.25, -0.2) is 0 Å². The molecule has 0 N–H and O–H groups in total. The Morgan fingerprint density at radius 3 is 2.06 bits per heavy atom. The average molecular weight is 236 g/mol. The van der Waals surface area contributed by atoms with E-state index in [1.165, 1.54) is 5.56 Å². The van der Waals surface area contributed by atoms with Gasteiger partial charge < -0.3 is 0 Å². The van der Waals surface area contributed by atoms with Crippen LogP contribution in [0.15, 0.2) is 42.5 Å². The molecular weight excluding hydrogens is 224 g/mol. The van der Waals surface area contributed by atoms with Crippen LogP contribution in [0.1, 0.15) is 33.2 Å². The van der Waals surface area contributed by atoms with Gasteiger partial charge in [0.2, 0.25) is 11.6 Å². The molecule has 88 valence electrons. The summed E-state index contributed by atoms with van der Waals surface area (Å²) < 4.78 is 0. The molecule has 0 radical (unpaired) electrons. The standard InChI is InChI=1S/C16H12O2/c1-2-10-7-8-13-14(9-10)11-5-3-4-6-12(11)15(17)16(13)18/h3-9H,2H2,1H3. The van der Waals surface area contributed by atoms with Crippen LogP contribution in [0, 0.1) is 0 Å². The number of carbonyl (C=O) groups is 2. The van der Waals surface area contributed by atoms with Gasteiger partial charge in [-0.2, -0.15) is 0 Å². The third kappa shape index (κ3) is 1.42. The molecule has 0 amide bonds. The van der Waals surface area contributed by atoms with Gasteiger partial charge in [-0.3, -0.25) is 9.59 Å². The van der Waals surface area contributed by atoms with Gasteiger partial charge in [0.1, 0.15) is 0 Å². The van der Waals surface area contributed by atoms with Gasteiger partial charge in [0, 0.05) is 11.1 Å². The van der Waals surface area contributed by atoms with E-state index in [-0.39, 0.29) is 0 Å². The molecule has 0 heterocycles. The first-order chi connectivity index (χ1) is 8.72. The molecular formula is C16H12O2. The van der Waals surface area contributed by atoms with Crippen LogP contribution in [-0.4, -0.2) is 11.6 Å². The van der Waals surface area contributed by atoms with Crippen LogP contribution in [0.25, 0.3) is 11.1 Å². The molecule has 2 nitrogen and oxygen atoms in total. The number of Topliss-reactive ketones (excluding diaryl/α,β-unsaturated/α-hetero) is 2. The van der Waals surface area contributed by atoms with E-state index in [0.717, 1.165) is 17.5 Å². The van der Waals surface area contributed by atoms with Crippen LogP contribution < -0.4 is 0 Å². The Labute approximate surface area is 105 Å². The Hall–Kier alpha value is -2.22. The second kappa shape index (κ2) is 3.91. The van der Waals surface area contributed by atoms with Crippen LogP contribution in [0.4, 0.5) is 0 Å². The third-order valence-electron chi connectivity index (χ3n) is 3.40. The molecule has 0 saturated carbocycles. The molecule has 0 unspecified atom stereocenters. The normalized spacial score (nSPS) is 13.2. The van der Waals surface area contributed by atoms with Gasteiger partial charge in [-0.1, -0.05) is 49.4 Å². The number of hydrogen-bond donors (Lipinski definition) is 0. The van der Waals surface area contributed by atoms with Gasteiger partial charge >= 0.3 is 0 Å². The molecule has 1 aliphatic rings. The molecule has 0 saturated heterocycles. The summed E-state index contributed by atoms with van der Waals surface area (Å²) in [6, 6.07) is 13.0. The van der Waals surface area contributed by atoms with Crippen molar-refractivity contribution in [3.05, 3.63) is 59.2 Å². The second-order valence-electron chi connectivity index (χ2n) is 4.44. The maximum absolute atomic E-state index is 12.0. The lowest BCUT2D eigenvalue weighted by molar-refractivity contribution is 0.0815. The molecule has 0 bridgehead atoms. The summed E-state index contributed by atoms with van der Waals surface area (Å²) in [5.74, 6) is -0.797. The summed E-state index contributed by atoms with van der Waals surface area (Å²) in [4.78, 5) is 24.0. The van der Waals surface area contributed by atoms with Crippen molar-refractivity contribution in [1.82, 2.24) is 0 Å². The smallest absolute Gasteiger partial charge is 0.234 e. The number of rotatable bonds is 1. The van der Waals surface area contributed by atoms with E-state index in [0.29, 0.717) is 11.1 Å². The number of aryl methyl sites for hydroxylation is 1. The average Bonchev–Trinajstić information content (AvgIpc) is 2.44. The van der Waals surface area contributed by atoms with Crippen molar-refractivity contribution in [3.8, 4) is 11.1 Å². The van der Waals surface area contributed by atoms with Crippen molar-refractivity contribution in [3.63, 3.8) is 0 Å². The molecule has 1 aliphatic carbocycles. The van der Waals surface area contributed by atoms with Crippen molar-refractivity contribution >= 4 is 11.6 Å². The largest absolute Gasteiger partial charge is 0.285 e. The first kappa shape index (κ1) is 10.9. The highest BCUT2D eigenvalue weighted by atomic mass is 16.2. The highest BCUT2D eigenvalue weighted by molar-refractivity contribution is 6.52. The number of carbonyl (C=O) groups excluding carboxylic acids is 2. The van der Waals surface area contributed by atoms with Gasteiger partial charge in [-0.05, 0) is 23.1 Å². The Balaban J connectivity index is 2.35. The Morgan fingerprint density at radius 1 is 0.778 bits per heavy atom. The highest BCUT2D eigenvalue weighted by Gasteiger charge is 2.29. The quantitative estimate of drug-likeness (QED) is 0.712. The number of benzene rings is 2. The van der Waals surface area contributed by atoms with Crippen molar-refractivity contribution < 1.29 is 9.59 Å². The first-order valence-corrected chi connectivity index (χ1v) is 6.03. The summed E-state index contributed by atoms with van der Waals surface area (Å²) in [5, 5.41) is 0. The molecule has 0 aromatic heterocycles. The topological polar surface area (TPSA) is 34.1 Å².